The molecule has 102 valence electrons. The summed E-state index contributed by atoms with van der Waals surface area (Å²) >= 11 is 2.81. The fraction of sp³-hybridized carbons (Fsp3) is 0.417. The molecule has 1 atom stereocenters. The van der Waals surface area contributed by atoms with Crippen molar-refractivity contribution < 1.29 is 4.79 Å². The Bertz CT molecular complexity index is 574. The minimum absolute atomic E-state index is 0.154. The van der Waals surface area contributed by atoms with Crippen molar-refractivity contribution in [3.8, 4) is 0 Å². The maximum atomic E-state index is 12.0. The smallest absolute Gasteiger partial charge is 0.276 e. The van der Waals surface area contributed by atoms with Gasteiger partial charge in [-0.1, -0.05) is 13.8 Å². The number of aromatic nitrogens is 2. The summed E-state index contributed by atoms with van der Waals surface area (Å²) in [6.45, 7) is 5.97. The first-order chi connectivity index (χ1) is 8.97. The van der Waals surface area contributed by atoms with Crippen molar-refractivity contribution in [1.82, 2.24) is 9.97 Å². The van der Waals surface area contributed by atoms with Crippen LogP contribution in [0.4, 0.5) is 5.13 Å². The number of thiazole rings is 2. The Hall–Kier alpha value is -1.31. The summed E-state index contributed by atoms with van der Waals surface area (Å²) in [5, 5.41) is 7.78. The van der Waals surface area contributed by atoms with Crippen LogP contribution in [0, 0.1) is 0 Å². The molecule has 0 aliphatic heterocycles. The van der Waals surface area contributed by atoms with E-state index >= 15 is 0 Å². The zero-order chi connectivity index (χ0) is 14.0. The molecule has 0 saturated carbocycles. The van der Waals surface area contributed by atoms with Crippen LogP contribution in [-0.4, -0.2) is 15.9 Å². The largest absolute Gasteiger partial charge is 0.322 e. The zero-order valence-corrected chi connectivity index (χ0v) is 12.6. The van der Waals surface area contributed by atoms with E-state index in [9.17, 15) is 4.79 Å². The van der Waals surface area contributed by atoms with Gasteiger partial charge in [-0.15, -0.1) is 22.7 Å². The van der Waals surface area contributed by atoms with Crippen molar-refractivity contribution in [3.05, 3.63) is 27.2 Å². The summed E-state index contributed by atoms with van der Waals surface area (Å²) in [4.78, 5) is 20.5. The van der Waals surface area contributed by atoms with Gasteiger partial charge in [0.1, 0.15) is 10.7 Å². The molecule has 0 aromatic carbocycles. The molecule has 0 fully saturated rings. The first kappa shape index (κ1) is 14.1. The molecule has 2 aromatic rings. The molecule has 3 N–H and O–H groups in total. The second-order valence-corrected chi connectivity index (χ2v) is 6.29. The lowest BCUT2D eigenvalue weighted by molar-refractivity contribution is 0.102. The van der Waals surface area contributed by atoms with E-state index in [4.69, 9.17) is 5.73 Å². The maximum absolute atomic E-state index is 12.0. The number of nitrogens with one attached hydrogen (secondary N) is 1. The SMILES string of the molecule is CC(C)c1csc(NC(=O)c2csc(C(C)N)n2)n1. The Kier molecular flexibility index (Phi) is 4.28. The van der Waals surface area contributed by atoms with E-state index in [1.165, 1.54) is 22.7 Å². The lowest BCUT2D eigenvalue weighted by atomic mass is 10.2. The summed E-state index contributed by atoms with van der Waals surface area (Å²) < 4.78 is 0. The van der Waals surface area contributed by atoms with Gasteiger partial charge in [0, 0.05) is 10.8 Å². The van der Waals surface area contributed by atoms with E-state index in [0.29, 0.717) is 16.7 Å². The van der Waals surface area contributed by atoms with Crippen LogP contribution in [0.1, 0.15) is 53.9 Å². The summed E-state index contributed by atoms with van der Waals surface area (Å²) in [5.41, 5.74) is 7.09. The van der Waals surface area contributed by atoms with Crippen LogP contribution in [0.25, 0.3) is 0 Å². The average molecular weight is 296 g/mol. The lowest BCUT2D eigenvalue weighted by Crippen LogP contribution is -2.13. The molecule has 0 aliphatic carbocycles. The van der Waals surface area contributed by atoms with Gasteiger partial charge in [0.2, 0.25) is 0 Å². The number of rotatable bonds is 4. The molecule has 0 bridgehead atoms. The van der Waals surface area contributed by atoms with E-state index < -0.39 is 0 Å². The molecule has 5 nitrogen and oxygen atoms in total. The van der Waals surface area contributed by atoms with E-state index in [0.717, 1.165) is 10.7 Å². The Balaban J connectivity index is 2.07. The molecule has 7 heteroatoms. The first-order valence-electron chi connectivity index (χ1n) is 5.95. The summed E-state index contributed by atoms with van der Waals surface area (Å²) in [6, 6.07) is -0.154. The number of hydrogen-bond donors (Lipinski definition) is 2. The molecule has 0 radical (unpaired) electrons. The maximum Gasteiger partial charge on any atom is 0.276 e. The van der Waals surface area contributed by atoms with Crippen LogP contribution in [0.3, 0.4) is 0 Å². The van der Waals surface area contributed by atoms with E-state index in [1.807, 2.05) is 12.3 Å². The van der Waals surface area contributed by atoms with Gasteiger partial charge in [0.05, 0.1) is 11.7 Å². The number of carbonyl (C=O) groups is 1. The molecule has 0 spiro atoms. The van der Waals surface area contributed by atoms with Crippen molar-refractivity contribution in [2.75, 3.05) is 5.32 Å². The lowest BCUT2D eigenvalue weighted by Gasteiger charge is -2.00. The van der Waals surface area contributed by atoms with E-state index in [2.05, 4.69) is 29.1 Å². The topological polar surface area (TPSA) is 80.9 Å². The second kappa shape index (κ2) is 5.77. The zero-order valence-electron chi connectivity index (χ0n) is 11.0. The fourth-order valence-corrected chi connectivity index (χ4v) is 3.00. The molecule has 2 aromatic heterocycles. The molecule has 1 unspecified atom stereocenters. The summed E-state index contributed by atoms with van der Waals surface area (Å²) in [6.07, 6.45) is 0. The molecular formula is C12H16N4OS2. The van der Waals surface area contributed by atoms with Gasteiger partial charge in [0.25, 0.3) is 5.91 Å². The van der Waals surface area contributed by atoms with Gasteiger partial charge >= 0.3 is 0 Å². The van der Waals surface area contributed by atoms with E-state index in [-0.39, 0.29) is 11.9 Å². The Morgan fingerprint density at radius 1 is 1.26 bits per heavy atom. The summed E-state index contributed by atoms with van der Waals surface area (Å²) in [5.74, 6) is 0.110. The normalized spacial score (nSPS) is 12.7. The number of nitrogens with zero attached hydrogens (tertiary/aromatic N) is 2. The number of hydrogen-bond acceptors (Lipinski definition) is 6. The third kappa shape index (κ3) is 3.37. The number of amides is 1. The monoisotopic (exact) mass is 296 g/mol. The highest BCUT2D eigenvalue weighted by molar-refractivity contribution is 7.14. The highest BCUT2D eigenvalue weighted by Crippen LogP contribution is 2.22. The highest BCUT2D eigenvalue weighted by atomic mass is 32.1. The number of nitrogens with two attached hydrogens (primary N) is 1. The fourth-order valence-electron chi connectivity index (χ4n) is 1.37. The van der Waals surface area contributed by atoms with Crippen LogP contribution < -0.4 is 11.1 Å². The Labute approximate surface area is 119 Å². The van der Waals surface area contributed by atoms with Crippen LogP contribution in [0.2, 0.25) is 0 Å². The van der Waals surface area contributed by atoms with Crippen molar-refractivity contribution in [2.45, 2.75) is 32.7 Å². The minimum atomic E-state index is -0.243. The highest BCUT2D eigenvalue weighted by Gasteiger charge is 2.14. The van der Waals surface area contributed by atoms with Crippen LogP contribution in [-0.2, 0) is 0 Å². The molecule has 2 heterocycles. The minimum Gasteiger partial charge on any atom is -0.322 e. The number of anilines is 1. The molecular weight excluding hydrogens is 280 g/mol. The Morgan fingerprint density at radius 3 is 2.53 bits per heavy atom. The van der Waals surface area contributed by atoms with Crippen molar-refractivity contribution in [2.24, 2.45) is 5.73 Å². The molecule has 1 amide bonds. The van der Waals surface area contributed by atoms with Crippen LogP contribution in [0.15, 0.2) is 10.8 Å². The van der Waals surface area contributed by atoms with Crippen LogP contribution in [0.5, 0.6) is 0 Å². The first-order valence-corrected chi connectivity index (χ1v) is 7.71. The predicted octanol–water partition coefficient (Wildman–Crippen LogP) is 3.00. The van der Waals surface area contributed by atoms with Gasteiger partial charge in [-0.2, -0.15) is 0 Å². The average Bonchev–Trinajstić information content (AvgIpc) is 2.96. The third-order valence-electron chi connectivity index (χ3n) is 2.48. The molecule has 0 aliphatic rings. The van der Waals surface area contributed by atoms with Gasteiger partial charge in [0.15, 0.2) is 5.13 Å². The van der Waals surface area contributed by atoms with Gasteiger partial charge < -0.3 is 5.73 Å². The Morgan fingerprint density at radius 2 is 2.00 bits per heavy atom. The third-order valence-corrected chi connectivity index (χ3v) is 4.30. The summed E-state index contributed by atoms with van der Waals surface area (Å²) in [7, 11) is 0. The van der Waals surface area contributed by atoms with Gasteiger partial charge in [-0.3, -0.25) is 10.1 Å². The molecule has 0 saturated heterocycles. The van der Waals surface area contributed by atoms with Crippen molar-refractivity contribution in [3.63, 3.8) is 0 Å². The molecule has 2 rings (SSSR count). The van der Waals surface area contributed by atoms with Gasteiger partial charge in [-0.05, 0) is 12.8 Å². The quantitative estimate of drug-likeness (QED) is 0.908. The van der Waals surface area contributed by atoms with E-state index in [1.54, 1.807) is 5.38 Å². The predicted molar refractivity (Wildman–Crippen MR) is 78.9 cm³/mol. The standard InChI is InChI=1S/C12H16N4OS2/c1-6(2)8-4-19-12(15-8)16-10(17)9-5-18-11(14-9)7(3)13/h4-7H,13H2,1-3H3,(H,15,16,17). The number of carbonyl (C=O) groups excluding carboxylic acids is 1. The van der Waals surface area contributed by atoms with Crippen molar-refractivity contribution in [1.29, 1.82) is 0 Å². The second-order valence-electron chi connectivity index (χ2n) is 4.55. The van der Waals surface area contributed by atoms with Crippen LogP contribution >= 0.6 is 22.7 Å². The molecule has 19 heavy (non-hydrogen) atoms. The van der Waals surface area contributed by atoms with Crippen molar-refractivity contribution >= 4 is 33.7 Å². The van der Waals surface area contributed by atoms with Gasteiger partial charge in [-0.25, -0.2) is 9.97 Å².